The highest BCUT2D eigenvalue weighted by atomic mass is 16.5. The molecule has 1 aromatic rings. The van der Waals surface area contributed by atoms with Crippen molar-refractivity contribution >= 4 is 11.9 Å². The molecule has 3 rings (SSSR count). The zero-order valence-corrected chi connectivity index (χ0v) is 15.8. The molecule has 142 valence electrons. The van der Waals surface area contributed by atoms with Crippen molar-refractivity contribution in [1.82, 2.24) is 10.2 Å². The van der Waals surface area contributed by atoms with Crippen LogP contribution in [0.4, 0.5) is 0 Å². The van der Waals surface area contributed by atoms with E-state index in [-0.39, 0.29) is 12.1 Å². The molecule has 1 aliphatic heterocycles. The molecule has 0 spiro atoms. The van der Waals surface area contributed by atoms with Gasteiger partial charge in [0.05, 0.1) is 0 Å². The van der Waals surface area contributed by atoms with Crippen LogP contribution in [0.1, 0.15) is 56.4 Å². The Balaban J connectivity index is 1.36. The minimum absolute atomic E-state index is 0.0565. The topological polar surface area (TPSA) is 53.9 Å². The van der Waals surface area contributed by atoms with Gasteiger partial charge in [-0.15, -0.1) is 0 Å². The lowest BCUT2D eigenvalue weighted by Gasteiger charge is -2.22. The van der Waals surface area contributed by atoms with Crippen LogP contribution in [-0.4, -0.2) is 49.6 Å². The van der Waals surface area contributed by atoms with E-state index in [9.17, 15) is 4.79 Å². The standard InChI is InChI=1S/C21H31N3O2/c1-22-21(23-14-7-12-20(25)26-19-10-5-6-11-19)24-15-13-18(16-24)17-8-3-2-4-9-17/h2-4,8-9,18-19H,5-7,10-16H2,1H3,(H,22,23). The molecule has 1 N–H and O–H groups in total. The normalized spacial score (nSPS) is 21.2. The van der Waals surface area contributed by atoms with Gasteiger partial charge in [-0.25, -0.2) is 0 Å². The lowest BCUT2D eigenvalue weighted by molar-refractivity contribution is -0.148. The Hall–Kier alpha value is -2.04. The van der Waals surface area contributed by atoms with E-state index in [1.165, 1.54) is 18.4 Å². The summed E-state index contributed by atoms with van der Waals surface area (Å²) >= 11 is 0. The number of esters is 1. The highest BCUT2D eigenvalue weighted by Crippen LogP contribution is 2.26. The zero-order valence-electron chi connectivity index (χ0n) is 15.8. The maximum atomic E-state index is 11.9. The Kier molecular flexibility index (Phi) is 6.92. The molecule has 0 radical (unpaired) electrons. The van der Waals surface area contributed by atoms with Crippen molar-refractivity contribution in [3.63, 3.8) is 0 Å². The van der Waals surface area contributed by atoms with Gasteiger partial charge in [-0.05, 0) is 44.1 Å². The third kappa shape index (κ3) is 5.23. The maximum absolute atomic E-state index is 11.9. The number of carbonyl (C=O) groups is 1. The van der Waals surface area contributed by atoms with Crippen molar-refractivity contribution in [1.29, 1.82) is 0 Å². The summed E-state index contributed by atoms with van der Waals surface area (Å²) in [6.07, 6.45) is 7.03. The second kappa shape index (κ2) is 9.60. The first kappa shape index (κ1) is 18.7. The van der Waals surface area contributed by atoms with E-state index < -0.39 is 0 Å². The number of nitrogens with one attached hydrogen (secondary N) is 1. The fourth-order valence-corrected chi connectivity index (χ4v) is 3.97. The monoisotopic (exact) mass is 357 g/mol. The smallest absolute Gasteiger partial charge is 0.306 e. The van der Waals surface area contributed by atoms with E-state index in [0.29, 0.717) is 12.3 Å². The van der Waals surface area contributed by atoms with Crippen LogP contribution in [0.5, 0.6) is 0 Å². The lowest BCUT2D eigenvalue weighted by Crippen LogP contribution is -2.40. The molecule has 1 saturated carbocycles. The number of ether oxygens (including phenoxy) is 1. The molecule has 2 fully saturated rings. The van der Waals surface area contributed by atoms with Gasteiger partial charge in [-0.1, -0.05) is 30.3 Å². The number of aliphatic imine (C=N–C) groups is 1. The fourth-order valence-electron chi connectivity index (χ4n) is 3.97. The van der Waals surface area contributed by atoms with Crippen molar-refractivity contribution in [3.05, 3.63) is 35.9 Å². The number of benzene rings is 1. The van der Waals surface area contributed by atoms with Crippen molar-refractivity contribution < 1.29 is 9.53 Å². The number of hydrogen-bond donors (Lipinski definition) is 1. The summed E-state index contributed by atoms with van der Waals surface area (Å²) in [5.74, 6) is 1.45. The minimum Gasteiger partial charge on any atom is -0.462 e. The van der Waals surface area contributed by atoms with Crippen LogP contribution in [0.2, 0.25) is 0 Å². The van der Waals surface area contributed by atoms with Gasteiger partial charge >= 0.3 is 5.97 Å². The second-order valence-electron chi connectivity index (χ2n) is 7.32. The molecular formula is C21H31N3O2. The molecule has 0 bridgehead atoms. The molecule has 1 saturated heterocycles. The first-order valence-electron chi connectivity index (χ1n) is 9.96. The van der Waals surface area contributed by atoms with Crippen LogP contribution in [0.25, 0.3) is 0 Å². The molecule has 2 aliphatic rings. The molecule has 5 heteroatoms. The molecule has 0 amide bonds. The predicted molar refractivity (Wildman–Crippen MR) is 104 cm³/mol. The molecule has 26 heavy (non-hydrogen) atoms. The van der Waals surface area contributed by atoms with Crippen LogP contribution in [-0.2, 0) is 9.53 Å². The van der Waals surface area contributed by atoms with E-state index in [1.807, 2.05) is 7.05 Å². The largest absolute Gasteiger partial charge is 0.462 e. The van der Waals surface area contributed by atoms with Crippen LogP contribution < -0.4 is 5.32 Å². The fraction of sp³-hybridized carbons (Fsp3) is 0.619. The lowest BCUT2D eigenvalue weighted by atomic mass is 9.99. The Morgan fingerprint density at radius 2 is 2.00 bits per heavy atom. The molecule has 0 aromatic heterocycles. The molecule has 1 aromatic carbocycles. The summed E-state index contributed by atoms with van der Waals surface area (Å²) in [5, 5.41) is 3.40. The quantitative estimate of drug-likeness (QED) is 0.367. The van der Waals surface area contributed by atoms with E-state index in [1.54, 1.807) is 0 Å². The molecular weight excluding hydrogens is 326 g/mol. The number of likely N-dealkylation sites (tertiary alicyclic amines) is 1. The Morgan fingerprint density at radius 1 is 1.23 bits per heavy atom. The van der Waals surface area contributed by atoms with Crippen molar-refractivity contribution in [2.24, 2.45) is 4.99 Å². The summed E-state index contributed by atoms with van der Waals surface area (Å²) in [7, 11) is 1.83. The van der Waals surface area contributed by atoms with Gasteiger partial charge in [0.1, 0.15) is 6.10 Å². The van der Waals surface area contributed by atoms with Gasteiger partial charge in [0, 0.05) is 39.0 Å². The first-order chi connectivity index (χ1) is 12.8. The Bertz CT molecular complexity index is 597. The van der Waals surface area contributed by atoms with Crippen molar-refractivity contribution in [2.45, 2.75) is 57.0 Å². The van der Waals surface area contributed by atoms with E-state index >= 15 is 0 Å². The number of nitrogens with zero attached hydrogens (tertiary/aromatic N) is 2. The third-order valence-electron chi connectivity index (χ3n) is 5.41. The van der Waals surface area contributed by atoms with Gasteiger partial charge in [-0.2, -0.15) is 0 Å². The van der Waals surface area contributed by atoms with Crippen LogP contribution in [0.15, 0.2) is 35.3 Å². The molecule has 1 heterocycles. The first-order valence-corrected chi connectivity index (χ1v) is 9.96. The van der Waals surface area contributed by atoms with Crippen molar-refractivity contribution in [3.8, 4) is 0 Å². The number of guanidine groups is 1. The summed E-state index contributed by atoms with van der Waals surface area (Å²) < 4.78 is 5.50. The Morgan fingerprint density at radius 3 is 2.73 bits per heavy atom. The van der Waals surface area contributed by atoms with Crippen molar-refractivity contribution in [2.75, 3.05) is 26.7 Å². The van der Waals surface area contributed by atoms with Gasteiger partial charge in [0.2, 0.25) is 0 Å². The van der Waals surface area contributed by atoms with Gasteiger partial charge in [0.25, 0.3) is 0 Å². The van der Waals surface area contributed by atoms with E-state index in [0.717, 1.165) is 51.3 Å². The average Bonchev–Trinajstić information content (AvgIpc) is 3.35. The number of rotatable bonds is 6. The van der Waals surface area contributed by atoms with Gasteiger partial charge in [-0.3, -0.25) is 9.79 Å². The zero-order chi connectivity index (χ0) is 18.2. The van der Waals surface area contributed by atoms with Gasteiger partial charge < -0.3 is 15.0 Å². The average molecular weight is 357 g/mol. The van der Waals surface area contributed by atoms with Gasteiger partial charge in [0.15, 0.2) is 5.96 Å². The minimum atomic E-state index is -0.0565. The molecule has 1 aliphatic carbocycles. The number of hydrogen-bond acceptors (Lipinski definition) is 3. The summed E-state index contributed by atoms with van der Waals surface area (Å²) in [6, 6.07) is 10.7. The Labute approximate surface area is 156 Å². The van der Waals surface area contributed by atoms with Crippen LogP contribution in [0, 0.1) is 0 Å². The van der Waals surface area contributed by atoms with E-state index in [4.69, 9.17) is 4.74 Å². The molecule has 5 nitrogen and oxygen atoms in total. The second-order valence-corrected chi connectivity index (χ2v) is 7.32. The van der Waals surface area contributed by atoms with Crippen LogP contribution >= 0.6 is 0 Å². The van der Waals surface area contributed by atoms with Crippen LogP contribution in [0.3, 0.4) is 0 Å². The predicted octanol–water partition coefficient (Wildman–Crippen LogP) is 3.32. The maximum Gasteiger partial charge on any atom is 0.306 e. The highest BCUT2D eigenvalue weighted by Gasteiger charge is 2.25. The highest BCUT2D eigenvalue weighted by molar-refractivity contribution is 5.80. The molecule has 1 unspecified atom stereocenters. The summed E-state index contributed by atoms with van der Waals surface area (Å²) in [5.41, 5.74) is 1.40. The molecule has 1 atom stereocenters. The van der Waals surface area contributed by atoms with E-state index in [2.05, 4.69) is 45.5 Å². The third-order valence-corrected chi connectivity index (χ3v) is 5.41. The number of carbonyl (C=O) groups excluding carboxylic acids is 1. The summed E-state index contributed by atoms with van der Waals surface area (Å²) in [4.78, 5) is 18.6. The SMILES string of the molecule is CN=C(NCCCC(=O)OC1CCCC1)N1CCC(c2ccccc2)C1. The summed E-state index contributed by atoms with van der Waals surface area (Å²) in [6.45, 7) is 2.76.